The molecule has 2 amide bonds. The molecule has 0 saturated carbocycles. The maximum absolute atomic E-state index is 12.2. The molecule has 2 rings (SSSR count). The van der Waals surface area contributed by atoms with Crippen LogP contribution in [0.1, 0.15) is 12.8 Å². The van der Waals surface area contributed by atoms with Gasteiger partial charge in [0.15, 0.2) is 0 Å². The van der Waals surface area contributed by atoms with Crippen LogP contribution in [0.25, 0.3) is 0 Å². The minimum Gasteiger partial charge on any atom is -0.349 e. The summed E-state index contributed by atoms with van der Waals surface area (Å²) >= 11 is 0. The number of nitrogens with zero attached hydrogens (tertiary/aromatic N) is 3. The quantitative estimate of drug-likeness (QED) is 0.738. The van der Waals surface area contributed by atoms with Crippen molar-refractivity contribution >= 4 is 11.8 Å². The zero-order chi connectivity index (χ0) is 14.5. The number of carbonyl (C=O) groups is 2. The number of piperazine rings is 1. The summed E-state index contributed by atoms with van der Waals surface area (Å²) in [7, 11) is 3.59. The first-order valence-electron chi connectivity index (χ1n) is 7.50. The molecule has 2 fully saturated rings. The summed E-state index contributed by atoms with van der Waals surface area (Å²) < 4.78 is 0. The molecule has 20 heavy (non-hydrogen) atoms. The summed E-state index contributed by atoms with van der Waals surface area (Å²) in [6.07, 6.45) is 1.59. The van der Waals surface area contributed by atoms with Crippen molar-refractivity contribution in [2.75, 3.05) is 59.9 Å². The molecule has 0 radical (unpaired) electrons. The Bertz CT molecular complexity index is 345. The maximum Gasteiger partial charge on any atom is 0.236 e. The van der Waals surface area contributed by atoms with Crippen molar-refractivity contribution in [3.8, 4) is 0 Å². The lowest BCUT2D eigenvalue weighted by Crippen LogP contribution is -2.50. The van der Waals surface area contributed by atoms with Crippen molar-refractivity contribution in [3.63, 3.8) is 0 Å². The number of amides is 2. The Balaban J connectivity index is 1.75. The summed E-state index contributed by atoms with van der Waals surface area (Å²) in [6.45, 7) is 5.78. The molecule has 2 aliphatic rings. The second kappa shape index (κ2) is 7.04. The predicted molar refractivity (Wildman–Crippen MR) is 77.3 cm³/mol. The van der Waals surface area contributed by atoms with Gasteiger partial charge in [-0.15, -0.1) is 0 Å². The van der Waals surface area contributed by atoms with E-state index >= 15 is 0 Å². The summed E-state index contributed by atoms with van der Waals surface area (Å²) in [5.41, 5.74) is 0. The molecule has 0 aliphatic carbocycles. The molecular formula is C14H26N4O2. The monoisotopic (exact) mass is 282 g/mol. The van der Waals surface area contributed by atoms with Crippen molar-refractivity contribution in [2.24, 2.45) is 5.92 Å². The summed E-state index contributed by atoms with van der Waals surface area (Å²) in [5, 5.41) is 3.29. The van der Waals surface area contributed by atoms with E-state index in [4.69, 9.17) is 0 Å². The molecule has 0 spiro atoms. The average Bonchev–Trinajstić information content (AvgIpc) is 2.47. The molecule has 6 heteroatoms. The van der Waals surface area contributed by atoms with Gasteiger partial charge in [0.2, 0.25) is 11.8 Å². The van der Waals surface area contributed by atoms with Gasteiger partial charge in [-0.2, -0.15) is 0 Å². The first-order chi connectivity index (χ1) is 9.58. The van der Waals surface area contributed by atoms with Crippen LogP contribution in [0, 0.1) is 5.92 Å². The fourth-order valence-corrected chi connectivity index (χ4v) is 2.90. The van der Waals surface area contributed by atoms with E-state index in [0.717, 1.165) is 52.1 Å². The third kappa shape index (κ3) is 3.93. The van der Waals surface area contributed by atoms with Crippen molar-refractivity contribution in [3.05, 3.63) is 0 Å². The molecule has 2 aliphatic heterocycles. The molecule has 0 atom stereocenters. The molecule has 2 saturated heterocycles. The highest BCUT2D eigenvalue weighted by Crippen LogP contribution is 2.19. The molecule has 0 aromatic heterocycles. The van der Waals surface area contributed by atoms with Gasteiger partial charge in [-0.3, -0.25) is 14.5 Å². The predicted octanol–water partition coefficient (Wildman–Crippen LogP) is -0.782. The minimum absolute atomic E-state index is 0.0910. The molecule has 114 valence electrons. The number of hydrogen-bond donors (Lipinski definition) is 1. The van der Waals surface area contributed by atoms with E-state index in [1.54, 1.807) is 19.0 Å². The SMILES string of the molecule is CN(C)C(=O)C1CCN(C(=O)CN2CCNCC2)CC1. The van der Waals surface area contributed by atoms with Crippen LogP contribution in [0.2, 0.25) is 0 Å². The molecule has 2 heterocycles. The molecule has 0 unspecified atom stereocenters. The normalized spacial score (nSPS) is 21.8. The Hall–Kier alpha value is -1.14. The zero-order valence-electron chi connectivity index (χ0n) is 12.6. The van der Waals surface area contributed by atoms with Crippen LogP contribution < -0.4 is 5.32 Å². The zero-order valence-corrected chi connectivity index (χ0v) is 12.6. The number of carbonyl (C=O) groups excluding carboxylic acids is 2. The molecule has 6 nitrogen and oxygen atoms in total. The minimum atomic E-state index is 0.0910. The van der Waals surface area contributed by atoms with Gasteiger partial charge >= 0.3 is 0 Å². The Morgan fingerprint density at radius 3 is 2.25 bits per heavy atom. The van der Waals surface area contributed by atoms with Crippen molar-refractivity contribution in [2.45, 2.75) is 12.8 Å². The lowest BCUT2D eigenvalue weighted by Gasteiger charge is -2.34. The van der Waals surface area contributed by atoms with Crippen LogP contribution in [0.15, 0.2) is 0 Å². The van der Waals surface area contributed by atoms with E-state index in [0.29, 0.717) is 6.54 Å². The number of nitrogens with one attached hydrogen (secondary N) is 1. The summed E-state index contributed by atoms with van der Waals surface area (Å²) in [5.74, 6) is 0.495. The lowest BCUT2D eigenvalue weighted by molar-refractivity contribution is -0.139. The van der Waals surface area contributed by atoms with E-state index in [2.05, 4.69) is 10.2 Å². The first kappa shape index (κ1) is 15.3. The molecule has 0 aromatic rings. The highest BCUT2D eigenvalue weighted by molar-refractivity contribution is 5.80. The second-order valence-electron chi connectivity index (χ2n) is 5.91. The van der Waals surface area contributed by atoms with Gasteiger partial charge in [-0.05, 0) is 12.8 Å². The van der Waals surface area contributed by atoms with Gasteiger partial charge < -0.3 is 15.1 Å². The van der Waals surface area contributed by atoms with Gasteiger partial charge in [0, 0.05) is 59.3 Å². The standard InChI is InChI=1S/C14H26N4O2/c1-16(2)14(20)12-3-7-18(8-4-12)13(19)11-17-9-5-15-6-10-17/h12,15H,3-11H2,1-2H3. The molecule has 1 N–H and O–H groups in total. The average molecular weight is 282 g/mol. The largest absolute Gasteiger partial charge is 0.349 e. The second-order valence-corrected chi connectivity index (χ2v) is 5.91. The third-order valence-electron chi connectivity index (χ3n) is 4.21. The van der Waals surface area contributed by atoms with Crippen LogP contribution in [0.3, 0.4) is 0 Å². The topological polar surface area (TPSA) is 55.9 Å². The van der Waals surface area contributed by atoms with Crippen molar-refractivity contribution in [1.29, 1.82) is 0 Å². The smallest absolute Gasteiger partial charge is 0.236 e. The van der Waals surface area contributed by atoms with Gasteiger partial charge in [0.05, 0.1) is 6.54 Å². The fourth-order valence-electron chi connectivity index (χ4n) is 2.90. The summed E-state index contributed by atoms with van der Waals surface area (Å²) in [6, 6.07) is 0. The number of piperidine rings is 1. The van der Waals surface area contributed by atoms with Crippen molar-refractivity contribution in [1.82, 2.24) is 20.0 Å². The lowest BCUT2D eigenvalue weighted by atomic mass is 9.95. The maximum atomic E-state index is 12.2. The van der Waals surface area contributed by atoms with Crippen LogP contribution in [0.4, 0.5) is 0 Å². The molecule has 0 aromatic carbocycles. The van der Waals surface area contributed by atoms with E-state index in [9.17, 15) is 9.59 Å². The highest BCUT2D eigenvalue weighted by Gasteiger charge is 2.28. The Kier molecular flexibility index (Phi) is 5.37. The van der Waals surface area contributed by atoms with Gasteiger partial charge in [0.25, 0.3) is 0 Å². The van der Waals surface area contributed by atoms with Gasteiger partial charge in [-0.25, -0.2) is 0 Å². The van der Waals surface area contributed by atoms with E-state index in [1.165, 1.54) is 0 Å². The number of likely N-dealkylation sites (tertiary alicyclic amines) is 1. The van der Waals surface area contributed by atoms with Crippen LogP contribution in [-0.2, 0) is 9.59 Å². The highest BCUT2D eigenvalue weighted by atomic mass is 16.2. The van der Waals surface area contributed by atoms with E-state index in [1.807, 2.05) is 4.90 Å². The van der Waals surface area contributed by atoms with Gasteiger partial charge in [0.1, 0.15) is 0 Å². The Labute approximate surface area is 121 Å². The number of hydrogen-bond acceptors (Lipinski definition) is 4. The fraction of sp³-hybridized carbons (Fsp3) is 0.857. The van der Waals surface area contributed by atoms with E-state index in [-0.39, 0.29) is 17.7 Å². The van der Waals surface area contributed by atoms with Crippen LogP contribution in [0.5, 0.6) is 0 Å². The molecular weight excluding hydrogens is 256 g/mol. The van der Waals surface area contributed by atoms with Crippen LogP contribution in [-0.4, -0.2) is 86.4 Å². The van der Waals surface area contributed by atoms with Crippen molar-refractivity contribution < 1.29 is 9.59 Å². The summed E-state index contributed by atoms with van der Waals surface area (Å²) in [4.78, 5) is 29.9. The molecule has 0 bridgehead atoms. The number of rotatable bonds is 3. The first-order valence-corrected chi connectivity index (χ1v) is 7.50. The van der Waals surface area contributed by atoms with Gasteiger partial charge in [-0.1, -0.05) is 0 Å². The Morgan fingerprint density at radius 2 is 1.70 bits per heavy atom. The third-order valence-corrected chi connectivity index (χ3v) is 4.21. The Morgan fingerprint density at radius 1 is 1.10 bits per heavy atom. The van der Waals surface area contributed by atoms with E-state index < -0.39 is 0 Å². The van der Waals surface area contributed by atoms with Crippen LogP contribution >= 0.6 is 0 Å².